The summed E-state index contributed by atoms with van der Waals surface area (Å²) >= 11 is 0. The number of aromatic nitrogens is 2. The van der Waals surface area contributed by atoms with Crippen molar-refractivity contribution < 1.29 is 4.79 Å². The molecule has 1 amide bonds. The van der Waals surface area contributed by atoms with E-state index in [-0.39, 0.29) is 17.5 Å². The molecule has 1 atom stereocenters. The monoisotopic (exact) mass is 361 g/mol. The fourth-order valence-corrected chi connectivity index (χ4v) is 3.63. The Labute approximate surface area is 158 Å². The number of rotatable bonds is 5. The lowest BCUT2D eigenvalue weighted by atomic mass is 10.1. The molecule has 0 saturated carbocycles. The van der Waals surface area contributed by atoms with E-state index in [1.54, 1.807) is 22.8 Å². The molecule has 0 bridgehead atoms. The van der Waals surface area contributed by atoms with Crippen molar-refractivity contribution in [2.45, 2.75) is 45.2 Å². The summed E-state index contributed by atoms with van der Waals surface area (Å²) in [7, 11) is 0. The molecule has 5 nitrogen and oxygen atoms in total. The summed E-state index contributed by atoms with van der Waals surface area (Å²) in [5, 5.41) is 3.63. The molecule has 4 rings (SSSR count). The second-order valence-corrected chi connectivity index (χ2v) is 7.22. The van der Waals surface area contributed by atoms with Crippen LogP contribution in [0.15, 0.2) is 53.3 Å². The Balaban J connectivity index is 1.47. The highest BCUT2D eigenvalue weighted by Gasteiger charge is 2.17. The van der Waals surface area contributed by atoms with Crippen molar-refractivity contribution in [3.05, 3.63) is 75.8 Å². The Morgan fingerprint density at radius 2 is 2.04 bits per heavy atom. The summed E-state index contributed by atoms with van der Waals surface area (Å²) in [6.45, 7) is 2.75. The lowest BCUT2D eigenvalue weighted by Crippen LogP contribution is -2.33. The molecule has 0 fully saturated rings. The predicted molar refractivity (Wildman–Crippen MR) is 106 cm³/mol. The number of carbonyl (C=O) groups excluding carboxylic acids is 1. The molecule has 1 aliphatic heterocycles. The Morgan fingerprint density at radius 3 is 2.85 bits per heavy atom. The number of hydrogen-bond donors (Lipinski definition) is 1. The lowest BCUT2D eigenvalue weighted by molar-refractivity contribution is 0.0938. The van der Waals surface area contributed by atoms with Crippen LogP contribution >= 0.6 is 0 Å². The van der Waals surface area contributed by atoms with Gasteiger partial charge in [0.25, 0.3) is 11.5 Å². The number of amides is 1. The van der Waals surface area contributed by atoms with Crippen molar-refractivity contribution in [3.8, 4) is 0 Å². The van der Waals surface area contributed by atoms with Gasteiger partial charge < -0.3 is 5.32 Å². The maximum absolute atomic E-state index is 12.6. The number of aryl methyl sites for hydroxylation is 2. The van der Waals surface area contributed by atoms with Gasteiger partial charge >= 0.3 is 0 Å². The molecular formula is C22H23N3O2. The second-order valence-electron chi connectivity index (χ2n) is 7.22. The maximum Gasteiger partial charge on any atom is 0.261 e. The molecule has 0 aliphatic carbocycles. The Kier molecular flexibility index (Phi) is 4.75. The Morgan fingerprint density at radius 1 is 1.22 bits per heavy atom. The molecular weight excluding hydrogens is 338 g/mol. The van der Waals surface area contributed by atoms with Crippen LogP contribution in [0, 0.1) is 0 Å². The number of benzene rings is 2. The molecule has 0 radical (unpaired) electrons. The molecule has 27 heavy (non-hydrogen) atoms. The van der Waals surface area contributed by atoms with Crippen LogP contribution in [0.4, 0.5) is 0 Å². The first-order valence-electron chi connectivity index (χ1n) is 9.50. The van der Waals surface area contributed by atoms with Crippen LogP contribution < -0.4 is 10.9 Å². The average molecular weight is 361 g/mol. The highest BCUT2D eigenvalue weighted by atomic mass is 16.1. The highest BCUT2D eigenvalue weighted by Crippen LogP contribution is 2.16. The van der Waals surface area contributed by atoms with Gasteiger partial charge in [-0.1, -0.05) is 30.3 Å². The third kappa shape index (κ3) is 3.63. The highest BCUT2D eigenvalue weighted by molar-refractivity contribution is 5.97. The SMILES string of the molecule is C[C@H](CCc1ccccc1)NC(=O)c1ccc2c(=O)n3c(nc2c1)CCC3. The zero-order valence-electron chi connectivity index (χ0n) is 15.4. The standard InChI is InChI=1S/C22H23N3O2/c1-15(9-10-16-6-3-2-4-7-16)23-21(26)17-11-12-18-19(14-17)24-20-8-5-13-25(20)22(18)27/h2-4,6-7,11-12,14-15H,5,8-10,13H2,1H3,(H,23,26)/t15-/m1/s1. The van der Waals surface area contributed by atoms with Crippen LogP contribution in [0.1, 0.15) is 41.5 Å². The minimum absolute atomic E-state index is 0.00399. The van der Waals surface area contributed by atoms with E-state index < -0.39 is 0 Å². The van der Waals surface area contributed by atoms with Gasteiger partial charge in [0.15, 0.2) is 0 Å². The quantitative estimate of drug-likeness (QED) is 0.759. The topological polar surface area (TPSA) is 64.0 Å². The summed E-state index contributed by atoms with van der Waals surface area (Å²) in [6.07, 6.45) is 3.56. The minimum atomic E-state index is -0.125. The molecule has 3 aromatic rings. The number of carbonyl (C=O) groups is 1. The van der Waals surface area contributed by atoms with Crippen molar-refractivity contribution in [3.63, 3.8) is 0 Å². The molecule has 1 N–H and O–H groups in total. The van der Waals surface area contributed by atoms with Crippen LogP contribution in [0.2, 0.25) is 0 Å². The molecule has 1 aromatic heterocycles. The van der Waals surface area contributed by atoms with E-state index >= 15 is 0 Å². The van der Waals surface area contributed by atoms with Crippen LogP contribution in [0.3, 0.4) is 0 Å². The molecule has 0 unspecified atom stereocenters. The van der Waals surface area contributed by atoms with Gasteiger partial charge in [-0.2, -0.15) is 0 Å². The molecule has 5 heteroatoms. The summed E-state index contributed by atoms with van der Waals surface area (Å²) in [4.78, 5) is 29.7. The number of nitrogens with one attached hydrogen (secondary N) is 1. The second kappa shape index (κ2) is 7.35. The van der Waals surface area contributed by atoms with Gasteiger partial charge in [-0.15, -0.1) is 0 Å². The van der Waals surface area contributed by atoms with Crippen LogP contribution in [0.25, 0.3) is 10.9 Å². The number of fused-ring (bicyclic) bond motifs is 2. The first-order chi connectivity index (χ1) is 13.1. The average Bonchev–Trinajstić information content (AvgIpc) is 3.16. The normalized spacial score (nSPS) is 14.1. The van der Waals surface area contributed by atoms with Gasteiger partial charge in [-0.05, 0) is 49.9 Å². The van der Waals surface area contributed by atoms with E-state index in [1.807, 2.05) is 25.1 Å². The molecule has 1 aliphatic rings. The Hall–Kier alpha value is -2.95. The molecule has 0 spiro atoms. The van der Waals surface area contributed by atoms with E-state index in [4.69, 9.17) is 0 Å². The maximum atomic E-state index is 12.6. The third-order valence-corrected chi connectivity index (χ3v) is 5.17. The van der Waals surface area contributed by atoms with Gasteiger partial charge in [0.2, 0.25) is 0 Å². The summed E-state index contributed by atoms with van der Waals surface area (Å²) in [5.41, 5.74) is 2.42. The predicted octanol–water partition coefficient (Wildman–Crippen LogP) is 3.09. The van der Waals surface area contributed by atoms with Crippen molar-refractivity contribution >= 4 is 16.8 Å². The summed E-state index contributed by atoms with van der Waals surface area (Å²) < 4.78 is 1.74. The van der Waals surface area contributed by atoms with Crippen molar-refractivity contribution in [1.29, 1.82) is 0 Å². The van der Waals surface area contributed by atoms with Gasteiger partial charge in [0.1, 0.15) is 5.82 Å². The van der Waals surface area contributed by atoms with Crippen molar-refractivity contribution in [1.82, 2.24) is 14.9 Å². The van der Waals surface area contributed by atoms with Crippen LogP contribution in [0.5, 0.6) is 0 Å². The zero-order chi connectivity index (χ0) is 18.8. The lowest BCUT2D eigenvalue weighted by Gasteiger charge is -2.14. The van der Waals surface area contributed by atoms with E-state index in [2.05, 4.69) is 22.4 Å². The van der Waals surface area contributed by atoms with Crippen LogP contribution in [-0.2, 0) is 19.4 Å². The Bertz CT molecular complexity index is 1040. The smallest absolute Gasteiger partial charge is 0.261 e. The molecule has 2 aromatic carbocycles. The minimum Gasteiger partial charge on any atom is -0.350 e. The number of nitrogens with zero attached hydrogens (tertiary/aromatic N) is 2. The summed E-state index contributed by atoms with van der Waals surface area (Å²) in [5.74, 6) is 0.696. The fraction of sp³-hybridized carbons (Fsp3) is 0.318. The zero-order valence-corrected chi connectivity index (χ0v) is 15.4. The van der Waals surface area contributed by atoms with Gasteiger partial charge in [-0.25, -0.2) is 4.98 Å². The van der Waals surface area contributed by atoms with E-state index in [0.29, 0.717) is 16.5 Å². The molecule has 0 saturated heterocycles. The van der Waals surface area contributed by atoms with Crippen molar-refractivity contribution in [2.24, 2.45) is 0 Å². The fourth-order valence-electron chi connectivity index (χ4n) is 3.63. The number of hydrogen-bond acceptors (Lipinski definition) is 3. The van der Waals surface area contributed by atoms with Crippen LogP contribution in [-0.4, -0.2) is 21.5 Å². The molecule has 2 heterocycles. The van der Waals surface area contributed by atoms with E-state index in [1.165, 1.54) is 5.56 Å². The molecule has 138 valence electrons. The van der Waals surface area contributed by atoms with Gasteiger partial charge in [-0.3, -0.25) is 14.2 Å². The van der Waals surface area contributed by atoms with E-state index in [9.17, 15) is 9.59 Å². The largest absolute Gasteiger partial charge is 0.350 e. The first-order valence-corrected chi connectivity index (χ1v) is 9.50. The van der Waals surface area contributed by atoms with Gasteiger partial charge in [0, 0.05) is 24.6 Å². The third-order valence-electron chi connectivity index (χ3n) is 5.17. The van der Waals surface area contributed by atoms with Crippen molar-refractivity contribution in [2.75, 3.05) is 0 Å². The van der Waals surface area contributed by atoms with E-state index in [0.717, 1.165) is 38.1 Å². The summed E-state index contributed by atoms with van der Waals surface area (Å²) in [6, 6.07) is 15.5. The first kappa shape index (κ1) is 17.5. The van der Waals surface area contributed by atoms with Gasteiger partial charge in [0.05, 0.1) is 10.9 Å².